The first-order valence-corrected chi connectivity index (χ1v) is 4.21. The Labute approximate surface area is 83.2 Å². The van der Waals surface area contributed by atoms with Gasteiger partial charge in [-0.3, -0.25) is 0 Å². The summed E-state index contributed by atoms with van der Waals surface area (Å²) in [5, 5.41) is 8.76. The molecule has 0 saturated carbocycles. The number of rotatable bonds is 1. The molecule has 1 aromatic carbocycles. The van der Waals surface area contributed by atoms with Gasteiger partial charge in [-0.25, -0.2) is 0 Å². The van der Waals surface area contributed by atoms with E-state index in [-0.39, 0.29) is 6.42 Å². The normalized spacial score (nSPS) is 8.29. The number of nitrogens with zero attached hydrogens (tertiary/aromatic N) is 1. The third-order valence-corrected chi connectivity index (χ3v) is 1.78. The molecule has 0 spiro atoms. The van der Waals surface area contributed by atoms with Crippen molar-refractivity contribution in [3.8, 4) is 17.9 Å². The second kappa shape index (κ2) is 4.84. The van der Waals surface area contributed by atoms with E-state index in [2.05, 4.69) is 17.9 Å². The van der Waals surface area contributed by atoms with Crippen LogP contribution in [0.25, 0.3) is 0 Å². The number of hydrogen-bond acceptors (Lipinski definition) is 2. The van der Waals surface area contributed by atoms with Gasteiger partial charge in [0.15, 0.2) is 0 Å². The van der Waals surface area contributed by atoms with Crippen molar-refractivity contribution < 1.29 is 4.79 Å². The maximum Gasteiger partial charge on any atom is 0.131 e. The maximum atomic E-state index is 10.0. The number of hydrogen-bond donors (Lipinski definition) is 0. The third-order valence-electron chi connectivity index (χ3n) is 1.78. The molecule has 0 unspecified atom stereocenters. The van der Waals surface area contributed by atoms with Gasteiger partial charge in [-0.15, -0.1) is 0 Å². The molecule has 0 radical (unpaired) electrons. The van der Waals surface area contributed by atoms with E-state index >= 15 is 0 Å². The van der Waals surface area contributed by atoms with Gasteiger partial charge in [-0.05, 0) is 24.6 Å². The molecule has 2 heteroatoms. The molecule has 1 rings (SSSR count). The number of benzene rings is 1. The van der Waals surface area contributed by atoms with Gasteiger partial charge in [0.1, 0.15) is 6.29 Å². The smallest absolute Gasteiger partial charge is 0.131 e. The summed E-state index contributed by atoms with van der Waals surface area (Å²) in [6.07, 6.45) is 0.988. The van der Waals surface area contributed by atoms with Crippen molar-refractivity contribution in [2.24, 2.45) is 0 Å². The average Bonchev–Trinajstić information content (AvgIpc) is 2.21. The van der Waals surface area contributed by atoms with Crippen molar-refractivity contribution in [2.45, 2.75) is 13.3 Å². The lowest BCUT2D eigenvalue weighted by molar-refractivity contribution is -0.107. The van der Waals surface area contributed by atoms with Crippen LogP contribution >= 0.6 is 0 Å². The maximum absolute atomic E-state index is 10.0. The molecule has 68 valence electrons. The van der Waals surface area contributed by atoms with Crippen LogP contribution in [0.15, 0.2) is 18.2 Å². The number of carbonyl (C=O) groups excluding carboxylic acids is 1. The molecule has 0 saturated heterocycles. The lowest BCUT2D eigenvalue weighted by Crippen LogP contribution is -1.83. The Balaban J connectivity index is 2.98. The molecule has 0 atom stereocenters. The molecule has 0 fully saturated rings. The van der Waals surface area contributed by atoms with Crippen LogP contribution in [0.1, 0.15) is 23.1 Å². The van der Waals surface area contributed by atoms with Crippen LogP contribution in [0.3, 0.4) is 0 Å². The topological polar surface area (TPSA) is 40.9 Å². The predicted octanol–water partition coefficient (Wildman–Crippen LogP) is 1.81. The van der Waals surface area contributed by atoms with Gasteiger partial charge in [-0.1, -0.05) is 17.9 Å². The summed E-state index contributed by atoms with van der Waals surface area (Å²) < 4.78 is 0. The quantitative estimate of drug-likeness (QED) is 0.492. The van der Waals surface area contributed by atoms with Gasteiger partial charge in [0, 0.05) is 5.56 Å². The van der Waals surface area contributed by atoms with Gasteiger partial charge < -0.3 is 4.79 Å². The van der Waals surface area contributed by atoms with Crippen LogP contribution in [0.4, 0.5) is 0 Å². The zero-order valence-electron chi connectivity index (χ0n) is 7.87. The Morgan fingerprint density at radius 1 is 1.50 bits per heavy atom. The van der Waals surface area contributed by atoms with E-state index < -0.39 is 0 Å². The molecule has 2 nitrogen and oxygen atoms in total. The standard InChI is InChI=1S/C12H9NO/c1-10-5-6-11(4-2-3-7-14)8-12(10)9-13/h5-8H,3H2,1H3. The summed E-state index contributed by atoms with van der Waals surface area (Å²) in [6.45, 7) is 1.88. The van der Waals surface area contributed by atoms with Gasteiger partial charge in [0.05, 0.1) is 18.1 Å². The molecule has 0 aromatic heterocycles. The Kier molecular flexibility index (Phi) is 3.47. The Morgan fingerprint density at radius 2 is 2.29 bits per heavy atom. The first kappa shape index (κ1) is 10.0. The minimum absolute atomic E-state index is 0.232. The molecule has 0 bridgehead atoms. The highest BCUT2D eigenvalue weighted by molar-refractivity contribution is 5.55. The lowest BCUT2D eigenvalue weighted by Gasteiger charge is -1.96. The molecule has 0 amide bonds. The molecule has 0 N–H and O–H groups in total. The van der Waals surface area contributed by atoms with Gasteiger partial charge in [-0.2, -0.15) is 5.26 Å². The fraction of sp³-hybridized carbons (Fsp3) is 0.167. The lowest BCUT2D eigenvalue weighted by atomic mass is 10.1. The fourth-order valence-electron chi connectivity index (χ4n) is 1.01. The zero-order valence-corrected chi connectivity index (χ0v) is 7.87. The first-order valence-electron chi connectivity index (χ1n) is 4.21. The highest BCUT2D eigenvalue weighted by atomic mass is 16.1. The van der Waals surface area contributed by atoms with Gasteiger partial charge >= 0.3 is 0 Å². The molecule has 0 heterocycles. The van der Waals surface area contributed by atoms with Gasteiger partial charge in [0.25, 0.3) is 0 Å². The molecule has 0 aliphatic rings. The van der Waals surface area contributed by atoms with E-state index in [1.807, 2.05) is 19.1 Å². The van der Waals surface area contributed by atoms with Crippen LogP contribution in [0, 0.1) is 30.1 Å². The van der Waals surface area contributed by atoms with Crippen molar-refractivity contribution in [1.29, 1.82) is 5.26 Å². The number of carbonyl (C=O) groups is 1. The van der Waals surface area contributed by atoms with E-state index in [9.17, 15) is 4.79 Å². The predicted molar refractivity (Wildman–Crippen MR) is 53.5 cm³/mol. The van der Waals surface area contributed by atoms with Crippen molar-refractivity contribution >= 4 is 6.29 Å². The second-order valence-corrected chi connectivity index (χ2v) is 2.81. The molecule has 14 heavy (non-hydrogen) atoms. The summed E-state index contributed by atoms with van der Waals surface area (Å²) in [6, 6.07) is 7.51. The zero-order chi connectivity index (χ0) is 10.4. The van der Waals surface area contributed by atoms with Crippen LogP contribution < -0.4 is 0 Å². The van der Waals surface area contributed by atoms with Crippen LogP contribution in [0.5, 0.6) is 0 Å². The summed E-state index contributed by atoms with van der Waals surface area (Å²) in [7, 11) is 0. The summed E-state index contributed by atoms with van der Waals surface area (Å²) in [4.78, 5) is 10.0. The molecular formula is C12H9NO. The number of aryl methyl sites for hydroxylation is 1. The summed E-state index contributed by atoms with van der Waals surface area (Å²) >= 11 is 0. The van der Waals surface area contributed by atoms with Crippen molar-refractivity contribution in [3.05, 3.63) is 34.9 Å². The number of nitriles is 1. The fourth-order valence-corrected chi connectivity index (χ4v) is 1.01. The van der Waals surface area contributed by atoms with Crippen LogP contribution in [0.2, 0.25) is 0 Å². The Morgan fingerprint density at radius 3 is 2.93 bits per heavy atom. The third kappa shape index (κ3) is 2.47. The molecule has 0 aliphatic carbocycles. The monoisotopic (exact) mass is 183 g/mol. The molecule has 1 aromatic rings. The Bertz CT molecular complexity index is 444. The minimum Gasteiger partial charge on any atom is -0.302 e. The van der Waals surface area contributed by atoms with Crippen LogP contribution in [-0.4, -0.2) is 6.29 Å². The summed E-state index contributed by atoms with van der Waals surface area (Å²) in [5.74, 6) is 5.51. The SMILES string of the molecule is Cc1ccc(C#CCC=O)cc1C#N. The largest absolute Gasteiger partial charge is 0.302 e. The Hall–Kier alpha value is -2.06. The van der Waals surface area contributed by atoms with E-state index in [1.165, 1.54) is 0 Å². The van der Waals surface area contributed by atoms with Crippen molar-refractivity contribution in [1.82, 2.24) is 0 Å². The van der Waals surface area contributed by atoms with E-state index in [0.29, 0.717) is 5.56 Å². The molecule has 0 aliphatic heterocycles. The highest BCUT2D eigenvalue weighted by Gasteiger charge is 1.96. The van der Waals surface area contributed by atoms with E-state index in [4.69, 9.17) is 5.26 Å². The molecular weight excluding hydrogens is 174 g/mol. The van der Waals surface area contributed by atoms with Crippen LogP contribution in [-0.2, 0) is 4.79 Å². The van der Waals surface area contributed by atoms with Gasteiger partial charge in [0.2, 0.25) is 0 Å². The second-order valence-electron chi connectivity index (χ2n) is 2.81. The van der Waals surface area contributed by atoms with Crippen molar-refractivity contribution in [2.75, 3.05) is 0 Å². The van der Waals surface area contributed by atoms with E-state index in [0.717, 1.165) is 17.4 Å². The van der Waals surface area contributed by atoms with E-state index in [1.54, 1.807) is 6.07 Å². The van der Waals surface area contributed by atoms with Crippen molar-refractivity contribution in [3.63, 3.8) is 0 Å². The average molecular weight is 183 g/mol. The summed E-state index contributed by atoms with van der Waals surface area (Å²) in [5.41, 5.74) is 2.34. The highest BCUT2D eigenvalue weighted by Crippen LogP contribution is 2.08. The first-order chi connectivity index (χ1) is 6.77. The number of aldehydes is 1. The minimum atomic E-state index is 0.232.